The molecule has 1 atom stereocenters. The third-order valence-electron chi connectivity index (χ3n) is 4.76. The van der Waals surface area contributed by atoms with Gasteiger partial charge in [0.2, 0.25) is 5.95 Å². The first-order chi connectivity index (χ1) is 9.81. The zero-order chi connectivity index (χ0) is 13.8. The van der Waals surface area contributed by atoms with Crippen LogP contribution in [-0.4, -0.2) is 35.1 Å². The number of hydrogen-bond donors (Lipinski definition) is 1. The number of anilines is 1. The average Bonchev–Trinajstić information content (AvgIpc) is 2.45. The normalized spacial score (nSPS) is 22.6. The van der Waals surface area contributed by atoms with E-state index < -0.39 is 0 Å². The van der Waals surface area contributed by atoms with Crippen LogP contribution in [0, 0.1) is 5.92 Å². The van der Waals surface area contributed by atoms with E-state index in [-0.39, 0.29) is 0 Å². The standard InChI is InChI=1S/C16H26N4/c1-13(12-14-4-2-5-14)19-15-6-10-20(11-7-15)16-17-8-3-9-18-16/h3,8-9,13-15,19H,2,4-7,10-12H2,1H3. The molecule has 2 heterocycles. The highest BCUT2D eigenvalue weighted by molar-refractivity contribution is 5.29. The lowest BCUT2D eigenvalue weighted by Gasteiger charge is -2.35. The Kier molecular flexibility index (Phi) is 4.51. The van der Waals surface area contributed by atoms with Crippen LogP contribution >= 0.6 is 0 Å². The second-order valence-corrected chi connectivity index (χ2v) is 6.41. The molecule has 110 valence electrons. The van der Waals surface area contributed by atoms with Crippen molar-refractivity contribution in [2.24, 2.45) is 5.92 Å². The summed E-state index contributed by atoms with van der Waals surface area (Å²) in [4.78, 5) is 11.0. The van der Waals surface area contributed by atoms with Crippen LogP contribution in [0.5, 0.6) is 0 Å². The first kappa shape index (κ1) is 13.8. The largest absolute Gasteiger partial charge is 0.341 e. The molecule has 1 aromatic rings. The molecule has 4 heteroatoms. The Bertz CT molecular complexity index is 396. The van der Waals surface area contributed by atoms with Gasteiger partial charge in [0.05, 0.1) is 0 Å². The van der Waals surface area contributed by atoms with Gasteiger partial charge in [-0.1, -0.05) is 19.3 Å². The van der Waals surface area contributed by atoms with E-state index in [0.29, 0.717) is 12.1 Å². The lowest BCUT2D eigenvalue weighted by molar-refractivity contribution is 0.250. The Balaban J connectivity index is 1.41. The van der Waals surface area contributed by atoms with Gasteiger partial charge in [0, 0.05) is 37.6 Å². The number of nitrogens with one attached hydrogen (secondary N) is 1. The number of nitrogens with zero attached hydrogens (tertiary/aromatic N) is 3. The van der Waals surface area contributed by atoms with Crippen molar-refractivity contribution in [1.29, 1.82) is 0 Å². The number of rotatable bonds is 5. The Morgan fingerprint density at radius 1 is 1.20 bits per heavy atom. The topological polar surface area (TPSA) is 41.0 Å². The van der Waals surface area contributed by atoms with Crippen molar-refractivity contribution < 1.29 is 0 Å². The molecule has 0 radical (unpaired) electrons. The maximum absolute atomic E-state index is 4.34. The van der Waals surface area contributed by atoms with Crippen LogP contribution in [0.25, 0.3) is 0 Å². The van der Waals surface area contributed by atoms with E-state index in [1.165, 1.54) is 38.5 Å². The first-order valence-corrected chi connectivity index (χ1v) is 8.09. The van der Waals surface area contributed by atoms with Gasteiger partial charge in [-0.3, -0.25) is 0 Å². The van der Waals surface area contributed by atoms with E-state index in [2.05, 4.69) is 27.1 Å². The third-order valence-corrected chi connectivity index (χ3v) is 4.76. The minimum atomic E-state index is 0.671. The van der Waals surface area contributed by atoms with Crippen molar-refractivity contribution in [1.82, 2.24) is 15.3 Å². The second kappa shape index (κ2) is 6.53. The van der Waals surface area contributed by atoms with Crippen molar-refractivity contribution in [3.8, 4) is 0 Å². The van der Waals surface area contributed by atoms with Gasteiger partial charge in [-0.05, 0) is 38.2 Å². The zero-order valence-electron chi connectivity index (χ0n) is 12.5. The van der Waals surface area contributed by atoms with Gasteiger partial charge in [0.15, 0.2) is 0 Å². The van der Waals surface area contributed by atoms with E-state index in [1.54, 1.807) is 0 Å². The molecule has 4 nitrogen and oxygen atoms in total. The number of hydrogen-bond acceptors (Lipinski definition) is 4. The maximum atomic E-state index is 4.34. The van der Waals surface area contributed by atoms with Crippen LogP contribution in [0.1, 0.15) is 45.4 Å². The van der Waals surface area contributed by atoms with Gasteiger partial charge < -0.3 is 10.2 Å². The fourth-order valence-electron chi connectivity index (χ4n) is 3.40. The molecule has 1 N–H and O–H groups in total. The molecule has 1 aromatic heterocycles. The van der Waals surface area contributed by atoms with Gasteiger partial charge in [-0.15, -0.1) is 0 Å². The molecule has 1 aliphatic heterocycles. The fourth-order valence-corrected chi connectivity index (χ4v) is 3.40. The molecule has 0 aromatic carbocycles. The van der Waals surface area contributed by atoms with Gasteiger partial charge in [0.25, 0.3) is 0 Å². The van der Waals surface area contributed by atoms with Crippen LogP contribution in [0.3, 0.4) is 0 Å². The van der Waals surface area contributed by atoms with Crippen LogP contribution < -0.4 is 10.2 Å². The summed E-state index contributed by atoms with van der Waals surface area (Å²) in [7, 11) is 0. The van der Waals surface area contributed by atoms with E-state index in [4.69, 9.17) is 0 Å². The summed E-state index contributed by atoms with van der Waals surface area (Å²) in [6, 6.07) is 3.22. The molecular weight excluding hydrogens is 248 g/mol. The lowest BCUT2D eigenvalue weighted by atomic mass is 9.81. The first-order valence-electron chi connectivity index (χ1n) is 8.09. The Morgan fingerprint density at radius 3 is 2.50 bits per heavy atom. The van der Waals surface area contributed by atoms with Crippen LogP contribution in [0.4, 0.5) is 5.95 Å². The summed E-state index contributed by atoms with van der Waals surface area (Å²) in [5.41, 5.74) is 0. The van der Waals surface area contributed by atoms with E-state index in [0.717, 1.165) is 25.0 Å². The quantitative estimate of drug-likeness (QED) is 0.896. The van der Waals surface area contributed by atoms with Gasteiger partial charge >= 0.3 is 0 Å². The Hall–Kier alpha value is -1.16. The smallest absolute Gasteiger partial charge is 0.225 e. The lowest BCUT2D eigenvalue weighted by Crippen LogP contribution is -2.46. The highest BCUT2D eigenvalue weighted by atomic mass is 15.3. The molecule has 1 aliphatic carbocycles. The van der Waals surface area contributed by atoms with Gasteiger partial charge in [-0.2, -0.15) is 0 Å². The zero-order valence-corrected chi connectivity index (χ0v) is 12.5. The van der Waals surface area contributed by atoms with Crippen LogP contribution in [-0.2, 0) is 0 Å². The second-order valence-electron chi connectivity index (χ2n) is 6.41. The minimum Gasteiger partial charge on any atom is -0.341 e. The predicted octanol–water partition coefficient (Wildman–Crippen LogP) is 2.61. The Morgan fingerprint density at radius 2 is 1.90 bits per heavy atom. The molecule has 0 amide bonds. The maximum Gasteiger partial charge on any atom is 0.225 e. The van der Waals surface area contributed by atoms with Crippen LogP contribution in [0.15, 0.2) is 18.5 Å². The van der Waals surface area contributed by atoms with Crippen molar-refractivity contribution in [3.63, 3.8) is 0 Å². The van der Waals surface area contributed by atoms with Crippen molar-refractivity contribution >= 4 is 5.95 Å². The molecular formula is C16H26N4. The third kappa shape index (κ3) is 3.48. The summed E-state index contributed by atoms with van der Waals surface area (Å²) < 4.78 is 0. The minimum absolute atomic E-state index is 0.671. The highest BCUT2D eigenvalue weighted by Gasteiger charge is 2.24. The van der Waals surface area contributed by atoms with E-state index >= 15 is 0 Å². The van der Waals surface area contributed by atoms with Gasteiger partial charge in [0.1, 0.15) is 0 Å². The summed E-state index contributed by atoms with van der Waals surface area (Å²) >= 11 is 0. The molecule has 2 fully saturated rings. The highest BCUT2D eigenvalue weighted by Crippen LogP contribution is 2.30. The summed E-state index contributed by atoms with van der Waals surface area (Å²) in [5, 5.41) is 3.82. The van der Waals surface area contributed by atoms with Crippen molar-refractivity contribution in [2.75, 3.05) is 18.0 Å². The molecule has 2 aliphatic rings. The monoisotopic (exact) mass is 274 g/mol. The molecule has 0 spiro atoms. The summed E-state index contributed by atoms with van der Waals surface area (Å²) in [6.45, 7) is 4.49. The Labute approximate surface area is 122 Å². The molecule has 1 saturated carbocycles. The molecule has 1 saturated heterocycles. The molecule has 1 unspecified atom stereocenters. The SMILES string of the molecule is CC(CC1CCC1)NC1CCN(c2ncccn2)CC1. The summed E-state index contributed by atoms with van der Waals surface area (Å²) in [6.07, 6.45) is 11.8. The predicted molar refractivity (Wildman–Crippen MR) is 81.8 cm³/mol. The number of aromatic nitrogens is 2. The van der Waals surface area contributed by atoms with Crippen molar-refractivity contribution in [3.05, 3.63) is 18.5 Å². The van der Waals surface area contributed by atoms with Gasteiger partial charge in [-0.25, -0.2) is 9.97 Å². The molecule has 20 heavy (non-hydrogen) atoms. The molecule has 3 rings (SSSR count). The fraction of sp³-hybridized carbons (Fsp3) is 0.750. The molecule has 0 bridgehead atoms. The van der Waals surface area contributed by atoms with E-state index in [9.17, 15) is 0 Å². The summed E-state index contributed by atoms with van der Waals surface area (Å²) in [5.74, 6) is 1.88. The van der Waals surface area contributed by atoms with Crippen LogP contribution in [0.2, 0.25) is 0 Å². The van der Waals surface area contributed by atoms with E-state index in [1.807, 2.05) is 18.5 Å². The number of piperidine rings is 1. The average molecular weight is 274 g/mol. The van der Waals surface area contributed by atoms with Crippen molar-refractivity contribution in [2.45, 2.75) is 57.5 Å².